The van der Waals surface area contributed by atoms with Crippen LogP contribution in [0.2, 0.25) is 0 Å². The Hall–Kier alpha value is -0.960. The van der Waals surface area contributed by atoms with E-state index in [1.165, 1.54) is 43.3 Å². The summed E-state index contributed by atoms with van der Waals surface area (Å²) in [6.45, 7) is 11.7. The highest BCUT2D eigenvalue weighted by atomic mass is 14.3. The Morgan fingerprint density at radius 3 is 1.73 bits per heavy atom. The minimum absolute atomic E-state index is 0.836. The quantitative estimate of drug-likeness (QED) is 0.582. The van der Waals surface area contributed by atoms with Gasteiger partial charge in [-0.05, 0) is 62.5 Å². The molecule has 0 radical (unpaired) electrons. The summed E-state index contributed by atoms with van der Waals surface area (Å²) in [6.07, 6.45) is 6.48. The highest BCUT2D eigenvalue weighted by molar-refractivity contribution is 5.02. The van der Waals surface area contributed by atoms with E-state index in [-0.39, 0.29) is 0 Å². The van der Waals surface area contributed by atoms with Gasteiger partial charge in [-0.3, -0.25) is 0 Å². The molecule has 15 heavy (non-hydrogen) atoms. The van der Waals surface area contributed by atoms with E-state index in [1.807, 2.05) is 0 Å². The summed E-state index contributed by atoms with van der Waals surface area (Å²) in [7, 11) is 0. The number of allylic oxidation sites excluding steroid dienone is 2. The third-order valence-corrected chi connectivity index (χ3v) is 3.56. The normalized spacial score (nSPS) is 24.4. The Morgan fingerprint density at radius 2 is 1.40 bits per heavy atom. The van der Waals surface area contributed by atoms with E-state index in [2.05, 4.69) is 38.5 Å². The van der Waals surface area contributed by atoms with Gasteiger partial charge >= 0.3 is 0 Å². The van der Waals surface area contributed by atoms with E-state index in [0.29, 0.717) is 0 Å². The molecule has 0 aromatic rings. The molecule has 0 heterocycles. The summed E-state index contributed by atoms with van der Waals surface area (Å²) in [4.78, 5) is 0. The molecule has 2 atom stereocenters. The van der Waals surface area contributed by atoms with E-state index in [4.69, 9.17) is 0 Å². The van der Waals surface area contributed by atoms with Gasteiger partial charge < -0.3 is 0 Å². The van der Waals surface area contributed by atoms with Crippen LogP contribution in [-0.4, -0.2) is 0 Å². The molecule has 1 saturated carbocycles. The van der Waals surface area contributed by atoms with E-state index in [1.54, 1.807) is 0 Å². The molecule has 0 unspecified atom stereocenters. The Morgan fingerprint density at radius 1 is 1.00 bits per heavy atom. The maximum atomic E-state index is 3.72. The zero-order valence-electron chi connectivity index (χ0n) is 10.1. The van der Waals surface area contributed by atoms with Crippen molar-refractivity contribution in [3.63, 3.8) is 0 Å². The van der Waals surface area contributed by atoms with Gasteiger partial charge in [0.05, 0.1) is 0 Å². The molecule has 0 aliphatic heterocycles. The largest absolute Gasteiger partial charge is 0.130 e. The molecule has 0 spiro atoms. The molecule has 1 rings (SSSR count). The zero-order valence-corrected chi connectivity index (χ0v) is 10.1. The van der Waals surface area contributed by atoms with Gasteiger partial charge in [0, 0.05) is 0 Å². The second-order valence-corrected chi connectivity index (χ2v) is 4.77. The number of hydrogen-bond acceptors (Lipinski definition) is 0. The lowest BCUT2D eigenvalue weighted by molar-refractivity contribution is 0.382. The molecule has 0 aromatic carbocycles. The molecule has 0 nitrogen and oxygen atoms in total. The molecular formula is C15H22. The Balaban J connectivity index is 2.57. The monoisotopic (exact) mass is 202 g/mol. The second kappa shape index (κ2) is 5.81. The van der Waals surface area contributed by atoms with Crippen molar-refractivity contribution in [1.82, 2.24) is 0 Å². The summed E-state index contributed by atoms with van der Waals surface area (Å²) >= 11 is 0. The predicted octanol–water partition coefficient (Wildman–Crippen LogP) is 4.65. The first kappa shape index (κ1) is 12.1. The fraction of sp³-hybridized carbons (Fsp3) is 0.600. The van der Waals surface area contributed by atoms with Crippen LogP contribution in [-0.2, 0) is 0 Å². The minimum Gasteiger partial charge on any atom is -0.130 e. The third-order valence-electron chi connectivity index (χ3n) is 3.56. The molecular weight excluding hydrogens is 180 g/mol. The Labute approximate surface area is 94.1 Å². The van der Waals surface area contributed by atoms with Gasteiger partial charge in [-0.15, -0.1) is 11.5 Å². The van der Waals surface area contributed by atoms with Crippen LogP contribution in [0, 0.1) is 11.8 Å². The number of hydrogen-bond donors (Lipinski definition) is 0. The first-order chi connectivity index (χ1) is 7.17. The van der Waals surface area contributed by atoms with Crippen LogP contribution < -0.4 is 0 Å². The van der Waals surface area contributed by atoms with Gasteiger partial charge in [-0.2, -0.15) is 0 Å². The van der Waals surface area contributed by atoms with E-state index in [0.717, 1.165) is 11.8 Å². The molecule has 0 saturated heterocycles. The average molecular weight is 202 g/mol. The van der Waals surface area contributed by atoms with Gasteiger partial charge in [0.2, 0.25) is 0 Å². The Bertz CT molecular complexity index is 277. The fourth-order valence-electron chi connectivity index (χ4n) is 2.58. The summed E-state index contributed by atoms with van der Waals surface area (Å²) < 4.78 is 0. The predicted molar refractivity (Wildman–Crippen MR) is 66.7 cm³/mol. The first-order valence-corrected chi connectivity index (χ1v) is 5.88. The smallest absolute Gasteiger partial charge is 0.0216 e. The zero-order chi connectivity index (χ0) is 11.3. The summed E-state index contributed by atoms with van der Waals surface area (Å²) in [5.41, 5.74) is 8.65. The van der Waals surface area contributed by atoms with Crippen LogP contribution in [0.25, 0.3) is 0 Å². The highest BCUT2D eigenvalue weighted by Crippen LogP contribution is 2.39. The third kappa shape index (κ3) is 3.59. The van der Waals surface area contributed by atoms with E-state index < -0.39 is 0 Å². The van der Waals surface area contributed by atoms with Crippen molar-refractivity contribution in [2.24, 2.45) is 11.8 Å². The van der Waals surface area contributed by atoms with Crippen molar-refractivity contribution < 1.29 is 0 Å². The van der Waals surface area contributed by atoms with Gasteiger partial charge in [-0.25, -0.2) is 0 Å². The average Bonchev–Trinajstić information content (AvgIpc) is 2.65. The molecule has 1 aliphatic rings. The summed E-state index contributed by atoms with van der Waals surface area (Å²) in [5.74, 6) is 1.67. The second-order valence-electron chi connectivity index (χ2n) is 4.77. The SMILES string of the molecule is C=C=C(C)C[C@H]1CCC[C@@H]1CC(C)=C=C. The number of rotatable bonds is 4. The van der Waals surface area contributed by atoms with E-state index in [9.17, 15) is 0 Å². The summed E-state index contributed by atoms with van der Waals surface area (Å²) in [5, 5.41) is 0. The van der Waals surface area contributed by atoms with Crippen LogP contribution in [0.4, 0.5) is 0 Å². The van der Waals surface area contributed by atoms with Crippen LogP contribution in [0.3, 0.4) is 0 Å². The van der Waals surface area contributed by atoms with Gasteiger partial charge in [0.1, 0.15) is 0 Å². The van der Waals surface area contributed by atoms with Crippen molar-refractivity contribution in [3.05, 3.63) is 35.8 Å². The molecule has 0 aromatic heterocycles. The van der Waals surface area contributed by atoms with Crippen molar-refractivity contribution in [2.75, 3.05) is 0 Å². The molecule has 0 N–H and O–H groups in total. The maximum absolute atomic E-state index is 3.72. The van der Waals surface area contributed by atoms with E-state index >= 15 is 0 Å². The molecule has 1 aliphatic carbocycles. The summed E-state index contributed by atoms with van der Waals surface area (Å²) in [6, 6.07) is 0. The standard InChI is InChI=1S/C15H22/c1-5-12(3)10-14-8-7-9-15(14)11-13(4)6-2/h14-15H,1-2,7-11H2,3-4H3/t14-,15-/m1/s1. The molecule has 1 fully saturated rings. The minimum atomic E-state index is 0.836. The lowest BCUT2D eigenvalue weighted by Crippen LogP contribution is -2.08. The topological polar surface area (TPSA) is 0 Å². The van der Waals surface area contributed by atoms with Crippen LogP contribution in [0.1, 0.15) is 46.0 Å². The molecule has 0 bridgehead atoms. The molecule has 0 amide bonds. The van der Waals surface area contributed by atoms with Crippen molar-refractivity contribution in [2.45, 2.75) is 46.0 Å². The molecule has 0 heteroatoms. The lowest BCUT2D eigenvalue weighted by Gasteiger charge is -2.19. The Kier molecular flexibility index (Phi) is 4.69. The molecule has 82 valence electrons. The van der Waals surface area contributed by atoms with Crippen molar-refractivity contribution in [1.29, 1.82) is 0 Å². The lowest BCUT2D eigenvalue weighted by atomic mass is 9.86. The van der Waals surface area contributed by atoms with Crippen molar-refractivity contribution >= 4 is 0 Å². The van der Waals surface area contributed by atoms with Gasteiger partial charge in [0.15, 0.2) is 0 Å². The van der Waals surface area contributed by atoms with Gasteiger partial charge in [-0.1, -0.05) is 19.6 Å². The van der Waals surface area contributed by atoms with Crippen LogP contribution in [0.15, 0.2) is 35.8 Å². The fourth-order valence-corrected chi connectivity index (χ4v) is 2.58. The maximum Gasteiger partial charge on any atom is -0.0216 e. The highest BCUT2D eigenvalue weighted by Gasteiger charge is 2.27. The van der Waals surface area contributed by atoms with Gasteiger partial charge in [0.25, 0.3) is 0 Å². The van der Waals surface area contributed by atoms with Crippen LogP contribution >= 0.6 is 0 Å². The van der Waals surface area contributed by atoms with Crippen molar-refractivity contribution in [3.8, 4) is 0 Å². The van der Waals surface area contributed by atoms with Crippen LogP contribution in [0.5, 0.6) is 0 Å². The first-order valence-electron chi connectivity index (χ1n) is 5.88.